The van der Waals surface area contributed by atoms with E-state index in [2.05, 4.69) is 56.6 Å². The van der Waals surface area contributed by atoms with E-state index in [9.17, 15) is 4.79 Å². The number of piperidine rings is 1. The Hall–Kier alpha value is -4.49. The maximum Gasteiger partial charge on any atom is 0.338 e. The van der Waals surface area contributed by atoms with Crippen molar-refractivity contribution in [2.45, 2.75) is 25.4 Å². The minimum atomic E-state index is -0.313. The third-order valence-electron chi connectivity index (χ3n) is 7.80. The molecule has 0 amide bonds. The molecular weight excluding hydrogens is 512 g/mol. The number of nitrogens with one attached hydrogen (secondary N) is 1. The van der Waals surface area contributed by atoms with E-state index in [-0.39, 0.29) is 12.1 Å². The van der Waals surface area contributed by atoms with E-state index >= 15 is 0 Å². The molecule has 1 saturated heterocycles. The average Bonchev–Trinajstić information content (AvgIpc) is 3.05. The van der Waals surface area contributed by atoms with Crippen LogP contribution >= 0.6 is 0 Å². The van der Waals surface area contributed by atoms with Gasteiger partial charge in [-0.3, -0.25) is 0 Å². The van der Waals surface area contributed by atoms with Gasteiger partial charge in [0.15, 0.2) is 5.82 Å². The molecule has 0 saturated carbocycles. The Morgan fingerprint density at radius 2 is 1.61 bits per heavy atom. The first kappa shape index (κ1) is 26.7. The lowest BCUT2D eigenvalue weighted by Crippen LogP contribution is -2.38. The van der Waals surface area contributed by atoms with Crippen molar-refractivity contribution in [3.05, 3.63) is 102 Å². The second kappa shape index (κ2) is 12.4. The van der Waals surface area contributed by atoms with Gasteiger partial charge in [-0.05, 0) is 59.5 Å². The van der Waals surface area contributed by atoms with E-state index in [1.54, 1.807) is 0 Å². The number of anilines is 1. The van der Waals surface area contributed by atoms with Gasteiger partial charge >= 0.3 is 5.97 Å². The number of hydrogen-bond donors (Lipinski definition) is 1. The van der Waals surface area contributed by atoms with Crippen LogP contribution in [-0.4, -0.2) is 55.3 Å². The van der Waals surface area contributed by atoms with Gasteiger partial charge < -0.3 is 19.7 Å². The zero-order valence-electron chi connectivity index (χ0n) is 23.3. The van der Waals surface area contributed by atoms with Crippen molar-refractivity contribution in [3.63, 3.8) is 0 Å². The zero-order valence-corrected chi connectivity index (χ0v) is 23.3. The number of nitrogens with zero attached hydrogens (tertiary/aromatic N) is 3. The molecule has 2 aliphatic rings. The molecule has 0 bridgehead atoms. The van der Waals surface area contributed by atoms with Crippen LogP contribution in [0.1, 0.15) is 35.2 Å². The van der Waals surface area contributed by atoms with Crippen molar-refractivity contribution < 1.29 is 14.3 Å². The standard InChI is InChI=1S/C34H34N4O3/c1-40-34(39)31-12-11-27(21-32(31)25-13-17-35-18-14-25)24-7-9-26(10-8-24)33-36-22-28(23-37-33)38-19-15-30(16-20-38)41-29-5-3-2-4-6-29/h2-13,21-23,30,35H,14-20H2,1H3. The van der Waals surface area contributed by atoms with Crippen LogP contribution in [0, 0.1) is 0 Å². The highest BCUT2D eigenvalue weighted by Gasteiger charge is 2.22. The predicted molar refractivity (Wildman–Crippen MR) is 162 cm³/mol. The van der Waals surface area contributed by atoms with Crippen molar-refractivity contribution >= 4 is 17.2 Å². The minimum Gasteiger partial charge on any atom is -0.490 e. The lowest BCUT2D eigenvalue weighted by atomic mass is 9.91. The molecule has 1 aromatic heterocycles. The highest BCUT2D eigenvalue weighted by molar-refractivity contribution is 5.96. The van der Waals surface area contributed by atoms with Crippen LogP contribution in [0.15, 0.2) is 91.3 Å². The quantitative estimate of drug-likeness (QED) is 0.284. The second-order valence-corrected chi connectivity index (χ2v) is 10.4. The highest BCUT2D eigenvalue weighted by atomic mass is 16.5. The normalized spacial score (nSPS) is 15.7. The van der Waals surface area contributed by atoms with Crippen LogP contribution in [0.3, 0.4) is 0 Å². The molecule has 3 aromatic carbocycles. The molecule has 41 heavy (non-hydrogen) atoms. The molecule has 0 radical (unpaired) electrons. The van der Waals surface area contributed by atoms with Crippen molar-refractivity contribution in [1.29, 1.82) is 0 Å². The third-order valence-corrected chi connectivity index (χ3v) is 7.80. The van der Waals surface area contributed by atoms with E-state index in [1.165, 1.54) is 12.7 Å². The third kappa shape index (κ3) is 6.15. The van der Waals surface area contributed by atoms with Crippen LogP contribution in [0.4, 0.5) is 5.69 Å². The number of carbonyl (C=O) groups excluding carboxylic acids is 1. The van der Waals surface area contributed by atoms with E-state index in [0.29, 0.717) is 11.4 Å². The van der Waals surface area contributed by atoms with Crippen LogP contribution in [0.2, 0.25) is 0 Å². The summed E-state index contributed by atoms with van der Waals surface area (Å²) in [5, 5.41) is 3.33. The maximum atomic E-state index is 12.4. The number of carbonyl (C=O) groups is 1. The average molecular weight is 547 g/mol. The number of para-hydroxylation sites is 1. The van der Waals surface area contributed by atoms with E-state index in [0.717, 1.165) is 79.1 Å². The number of aromatic nitrogens is 2. The highest BCUT2D eigenvalue weighted by Crippen LogP contribution is 2.31. The lowest BCUT2D eigenvalue weighted by Gasteiger charge is -2.33. The van der Waals surface area contributed by atoms with Gasteiger partial charge in [0.2, 0.25) is 0 Å². The molecular formula is C34H34N4O3. The predicted octanol–water partition coefficient (Wildman–Crippen LogP) is 6.02. The first-order valence-corrected chi connectivity index (χ1v) is 14.2. The summed E-state index contributed by atoms with van der Waals surface area (Å²) in [5.41, 5.74) is 6.82. The summed E-state index contributed by atoms with van der Waals surface area (Å²) in [6.07, 6.45) is 9.03. The molecule has 6 rings (SSSR count). The van der Waals surface area contributed by atoms with Gasteiger partial charge in [-0.1, -0.05) is 54.6 Å². The van der Waals surface area contributed by atoms with Crippen LogP contribution < -0.4 is 15.0 Å². The Bertz CT molecular complexity index is 1510. The summed E-state index contributed by atoms with van der Waals surface area (Å²) in [7, 11) is 1.42. The van der Waals surface area contributed by atoms with Gasteiger partial charge in [0.25, 0.3) is 0 Å². The molecule has 4 aromatic rings. The van der Waals surface area contributed by atoms with E-state index < -0.39 is 0 Å². The van der Waals surface area contributed by atoms with E-state index in [1.807, 2.05) is 54.9 Å². The Labute approximate surface area is 240 Å². The summed E-state index contributed by atoms with van der Waals surface area (Å²) in [5.74, 6) is 1.32. The summed E-state index contributed by atoms with van der Waals surface area (Å²) in [6.45, 7) is 3.53. The number of benzene rings is 3. The van der Waals surface area contributed by atoms with Crippen LogP contribution in [0.5, 0.6) is 5.75 Å². The number of ether oxygens (including phenoxy) is 2. The maximum absolute atomic E-state index is 12.4. The lowest BCUT2D eigenvalue weighted by molar-refractivity contribution is 0.0600. The van der Waals surface area contributed by atoms with E-state index in [4.69, 9.17) is 9.47 Å². The fourth-order valence-electron chi connectivity index (χ4n) is 5.51. The fraction of sp³-hybridized carbons (Fsp3) is 0.265. The Morgan fingerprint density at radius 1 is 0.902 bits per heavy atom. The SMILES string of the molecule is COC(=O)c1ccc(-c2ccc(-c3ncc(N4CCC(Oc5ccccc5)CC4)cn3)cc2)cc1C1=CCNCC1. The topological polar surface area (TPSA) is 76.6 Å². The Kier molecular flexibility index (Phi) is 8.05. The first-order chi connectivity index (χ1) is 20.2. The zero-order chi connectivity index (χ0) is 28.0. The molecule has 0 aliphatic carbocycles. The molecule has 7 heteroatoms. The molecule has 2 aliphatic heterocycles. The number of esters is 1. The fourth-order valence-corrected chi connectivity index (χ4v) is 5.51. The smallest absolute Gasteiger partial charge is 0.338 e. The van der Waals surface area contributed by atoms with Crippen LogP contribution in [0.25, 0.3) is 28.1 Å². The monoisotopic (exact) mass is 546 g/mol. The van der Waals surface area contributed by atoms with Gasteiger partial charge in [0.05, 0.1) is 30.8 Å². The number of rotatable bonds is 7. The molecule has 208 valence electrons. The largest absolute Gasteiger partial charge is 0.490 e. The van der Waals surface area contributed by atoms with Crippen molar-refractivity contribution in [1.82, 2.24) is 15.3 Å². The summed E-state index contributed by atoms with van der Waals surface area (Å²) in [6, 6.07) is 24.2. The van der Waals surface area contributed by atoms with Gasteiger partial charge in [0, 0.05) is 38.0 Å². The van der Waals surface area contributed by atoms with Crippen molar-refractivity contribution in [3.8, 4) is 28.3 Å². The molecule has 0 spiro atoms. The number of hydrogen-bond acceptors (Lipinski definition) is 7. The van der Waals surface area contributed by atoms with Gasteiger partial charge in [0.1, 0.15) is 11.9 Å². The van der Waals surface area contributed by atoms with Crippen molar-refractivity contribution in [2.75, 3.05) is 38.2 Å². The van der Waals surface area contributed by atoms with Gasteiger partial charge in [-0.25, -0.2) is 14.8 Å². The Morgan fingerprint density at radius 3 is 2.29 bits per heavy atom. The molecule has 3 heterocycles. The molecule has 1 N–H and O–H groups in total. The first-order valence-electron chi connectivity index (χ1n) is 14.2. The van der Waals surface area contributed by atoms with Gasteiger partial charge in [-0.2, -0.15) is 0 Å². The Balaban J connectivity index is 1.13. The minimum absolute atomic E-state index is 0.233. The summed E-state index contributed by atoms with van der Waals surface area (Å²) in [4.78, 5) is 24.1. The molecule has 1 fully saturated rings. The molecule has 7 nitrogen and oxygen atoms in total. The van der Waals surface area contributed by atoms with Crippen molar-refractivity contribution in [2.24, 2.45) is 0 Å². The van der Waals surface area contributed by atoms with Crippen LogP contribution in [-0.2, 0) is 4.74 Å². The summed E-state index contributed by atoms with van der Waals surface area (Å²) < 4.78 is 11.2. The second-order valence-electron chi connectivity index (χ2n) is 10.4. The number of methoxy groups -OCH3 is 1. The summed E-state index contributed by atoms with van der Waals surface area (Å²) >= 11 is 0. The molecule has 0 atom stereocenters. The molecule has 0 unspecified atom stereocenters. The van der Waals surface area contributed by atoms with Gasteiger partial charge in [-0.15, -0.1) is 0 Å².